The Morgan fingerprint density at radius 3 is 1.13 bits per heavy atom. The molecule has 0 heterocycles. The van der Waals surface area contributed by atoms with E-state index in [4.69, 9.17) is 18.9 Å². The number of methoxy groups -OCH3 is 4. The molecule has 0 aliphatic heterocycles. The van der Waals surface area contributed by atoms with Crippen LogP contribution in [-0.2, 0) is 0 Å². The van der Waals surface area contributed by atoms with Gasteiger partial charge in [0.1, 0.15) is 23.0 Å². The summed E-state index contributed by atoms with van der Waals surface area (Å²) in [5, 5.41) is 7.10. The van der Waals surface area contributed by atoms with Crippen LogP contribution >= 0.6 is 8.07 Å². The molecular formula is C40H40NO4P. The lowest BCUT2D eigenvalue weighted by molar-refractivity contribution is 0.303. The number of benzene rings is 6. The Labute approximate surface area is 273 Å². The fraction of sp³-hybridized carbons (Fsp3) is 0.200. The first-order chi connectivity index (χ1) is 22.4. The summed E-state index contributed by atoms with van der Waals surface area (Å²) in [6, 6.07) is 43.1. The topological polar surface area (TPSA) is 40.2 Å². The number of fused-ring (bicyclic) bond motifs is 2. The second kappa shape index (κ2) is 13.8. The van der Waals surface area contributed by atoms with Gasteiger partial charge in [-0.3, -0.25) is 4.67 Å². The first-order valence-electron chi connectivity index (χ1n) is 15.4. The molecule has 0 unspecified atom stereocenters. The van der Waals surface area contributed by atoms with Crippen molar-refractivity contribution in [2.45, 2.75) is 25.9 Å². The molecule has 46 heavy (non-hydrogen) atoms. The number of hydrogen-bond donors (Lipinski definition) is 0. The molecule has 6 rings (SSSR count). The van der Waals surface area contributed by atoms with Crippen molar-refractivity contribution in [1.82, 2.24) is 4.67 Å². The fourth-order valence-corrected chi connectivity index (χ4v) is 8.96. The number of ether oxygens (including phenoxy) is 4. The van der Waals surface area contributed by atoms with Crippen LogP contribution in [0, 0.1) is 0 Å². The SMILES string of the molecule is COc1cc(OC)cc(P(c2cc(OC)cc(OC)c2)N([C@@H](C)c2ccc3ccccc3c2)[C@@H](C)c2ccc3ccccc3c2)c1. The van der Waals surface area contributed by atoms with Gasteiger partial charge in [-0.1, -0.05) is 72.8 Å². The highest BCUT2D eigenvalue weighted by Crippen LogP contribution is 2.52. The molecule has 0 fully saturated rings. The Morgan fingerprint density at radius 1 is 0.435 bits per heavy atom. The Kier molecular flexibility index (Phi) is 9.44. The quantitative estimate of drug-likeness (QED) is 0.134. The van der Waals surface area contributed by atoms with E-state index in [1.165, 1.54) is 32.7 Å². The molecule has 5 nitrogen and oxygen atoms in total. The molecule has 2 atom stereocenters. The molecule has 6 aromatic carbocycles. The van der Waals surface area contributed by atoms with Crippen LogP contribution in [0.4, 0.5) is 0 Å². The van der Waals surface area contributed by atoms with Gasteiger partial charge >= 0.3 is 0 Å². The molecule has 0 N–H and O–H groups in total. The van der Waals surface area contributed by atoms with Gasteiger partial charge in [0.25, 0.3) is 0 Å². The summed E-state index contributed by atoms with van der Waals surface area (Å²) in [4.78, 5) is 0. The molecule has 0 bridgehead atoms. The lowest BCUT2D eigenvalue weighted by Gasteiger charge is -2.42. The van der Waals surface area contributed by atoms with E-state index in [1.54, 1.807) is 28.4 Å². The maximum absolute atomic E-state index is 5.80. The smallest absolute Gasteiger partial charge is 0.123 e. The number of rotatable bonds is 11. The zero-order valence-electron chi connectivity index (χ0n) is 27.2. The largest absolute Gasteiger partial charge is 0.497 e. The summed E-state index contributed by atoms with van der Waals surface area (Å²) in [6.07, 6.45) is 0. The van der Waals surface area contributed by atoms with E-state index in [1.807, 2.05) is 12.1 Å². The van der Waals surface area contributed by atoms with Crippen LogP contribution in [-0.4, -0.2) is 33.1 Å². The van der Waals surface area contributed by atoms with Gasteiger partial charge in [0.2, 0.25) is 0 Å². The first kappa shape index (κ1) is 31.4. The monoisotopic (exact) mass is 629 g/mol. The highest BCUT2D eigenvalue weighted by atomic mass is 31.1. The minimum Gasteiger partial charge on any atom is -0.497 e. The Hall–Kier alpha value is -4.57. The number of hydrogen-bond acceptors (Lipinski definition) is 5. The molecule has 0 aliphatic carbocycles. The highest BCUT2D eigenvalue weighted by molar-refractivity contribution is 7.70. The summed E-state index contributed by atoms with van der Waals surface area (Å²) in [5.74, 6) is 2.98. The average molecular weight is 630 g/mol. The second-order valence-electron chi connectivity index (χ2n) is 11.4. The Morgan fingerprint density at radius 2 is 0.783 bits per heavy atom. The van der Waals surface area contributed by atoms with Crippen molar-refractivity contribution in [2.24, 2.45) is 0 Å². The van der Waals surface area contributed by atoms with Crippen LogP contribution < -0.4 is 29.6 Å². The molecular weight excluding hydrogens is 589 g/mol. The molecule has 6 heteroatoms. The Balaban J connectivity index is 1.61. The van der Waals surface area contributed by atoms with Crippen molar-refractivity contribution in [3.05, 3.63) is 132 Å². The molecule has 0 spiro atoms. The third-order valence-electron chi connectivity index (χ3n) is 8.70. The van der Waals surface area contributed by atoms with E-state index >= 15 is 0 Å². The maximum atomic E-state index is 5.80. The summed E-state index contributed by atoms with van der Waals surface area (Å²) < 4.78 is 25.9. The minimum atomic E-state index is -1.20. The summed E-state index contributed by atoms with van der Waals surface area (Å²) in [5.41, 5.74) is 2.48. The van der Waals surface area contributed by atoms with Crippen LogP contribution in [0.25, 0.3) is 21.5 Å². The lowest BCUT2D eigenvalue weighted by Crippen LogP contribution is -2.33. The van der Waals surface area contributed by atoms with Gasteiger partial charge in [-0.2, -0.15) is 0 Å². The predicted octanol–water partition coefficient (Wildman–Crippen LogP) is 9.20. The summed E-state index contributed by atoms with van der Waals surface area (Å²) >= 11 is 0. The molecule has 6 aromatic rings. The normalized spacial score (nSPS) is 12.8. The molecule has 0 aliphatic rings. The molecule has 0 saturated carbocycles. The molecule has 234 valence electrons. The van der Waals surface area contributed by atoms with Crippen molar-refractivity contribution < 1.29 is 18.9 Å². The van der Waals surface area contributed by atoms with Crippen molar-refractivity contribution >= 4 is 40.2 Å². The van der Waals surface area contributed by atoms with Gasteiger partial charge < -0.3 is 18.9 Å². The van der Waals surface area contributed by atoms with Crippen molar-refractivity contribution in [3.63, 3.8) is 0 Å². The Bertz CT molecular complexity index is 1790. The van der Waals surface area contributed by atoms with Crippen molar-refractivity contribution in [3.8, 4) is 23.0 Å². The zero-order valence-corrected chi connectivity index (χ0v) is 28.1. The molecule has 0 saturated heterocycles. The minimum absolute atomic E-state index is 0.0200. The third-order valence-corrected chi connectivity index (χ3v) is 11.3. The lowest BCUT2D eigenvalue weighted by atomic mass is 9.99. The van der Waals surface area contributed by atoms with Crippen LogP contribution in [0.15, 0.2) is 121 Å². The van der Waals surface area contributed by atoms with Crippen LogP contribution in [0.5, 0.6) is 23.0 Å². The summed E-state index contributed by atoms with van der Waals surface area (Å²) in [7, 11) is 5.59. The first-order valence-corrected chi connectivity index (χ1v) is 16.7. The van der Waals surface area contributed by atoms with Crippen LogP contribution in [0.1, 0.15) is 37.1 Å². The predicted molar refractivity (Wildman–Crippen MR) is 192 cm³/mol. The van der Waals surface area contributed by atoms with Gasteiger partial charge in [-0.15, -0.1) is 0 Å². The van der Waals surface area contributed by atoms with E-state index in [2.05, 4.69) is 128 Å². The zero-order chi connectivity index (χ0) is 32.2. The molecule has 0 aromatic heterocycles. The molecule has 0 amide bonds. The van der Waals surface area contributed by atoms with E-state index in [0.29, 0.717) is 0 Å². The second-order valence-corrected chi connectivity index (χ2v) is 13.5. The molecule has 0 radical (unpaired) electrons. The van der Waals surface area contributed by atoms with Gasteiger partial charge in [0, 0.05) is 42.9 Å². The number of nitrogens with zero attached hydrogens (tertiary/aromatic N) is 1. The highest BCUT2D eigenvalue weighted by Gasteiger charge is 2.34. The standard InChI is InChI=1S/C40H40NO4P/c1-27(31-17-15-29-11-7-9-13-33(29)19-31)41(28(2)32-18-16-30-12-8-10-14-34(30)20-32)46(39-23-35(42-3)21-36(24-39)43-4)40-25-37(44-5)22-38(26-40)45-6/h7-28H,1-6H3/t27-,28-/m0/s1. The van der Waals surface area contributed by atoms with Gasteiger partial charge in [-0.25, -0.2) is 0 Å². The fourth-order valence-electron chi connectivity index (χ4n) is 6.17. The van der Waals surface area contributed by atoms with Gasteiger partial charge in [0.05, 0.1) is 28.4 Å². The average Bonchev–Trinajstić information content (AvgIpc) is 3.12. The van der Waals surface area contributed by atoms with Gasteiger partial charge in [-0.05, 0) is 82.9 Å². The third kappa shape index (κ3) is 6.39. The van der Waals surface area contributed by atoms with E-state index in [0.717, 1.165) is 33.6 Å². The van der Waals surface area contributed by atoms with Crippen LogP contribution in [0.3, 0.4) is 0 Å². The van der Waals surface area contributed by atoms with Gasteiger partial charge in [0.15, 0.2) is 0 Å². The van der Waals surface area contributed by atoms with E-state index < -0.39 is 8.07 Å². The van der Waals surface area contributed by atoms with Crippen molar-refractivity contribution in [2.75, 3.05) is 28.4 Å². The maximum Gasteiger partial charge on any atom is 0.123 e. The van der Waals surface area contributed by atoms with Crippen molar-refractivity contribution in [1.29, 1.82) is 0 Å². The summed E-state index contributed by atoms with van der Waals surface area (Å²) in [6.45, 7) is 4.62. The van der Waals surface area contributed by atoms with E-state index in [-0.39, 0.29) is 12.1 Å². The van der Waals surface area contributed by atoms with Crippen LogP contribution in [0.2, 0.25) is 0 Å². The van der Waals surface area contributed by atoms with E-state index in [9.17, 15) is 0 Å².